The number of carbonyl (C=O) groups is 1. The maximum atomic E-state index is 12.8. The van der Waals surface area contributed by atoms with E-state index in [2.05, 4.69) is 7.05 Å². The van der Waals surface area contributed by atoms with E-state index < -0.39 is 17.1 Å². The second-order valence-corrected chi connectivity index (χ2v) is 9.61. The molecule has 2 aliphatic heterocycles. The van der Waals surface area contributed by atoms with Gasteiger partial charge in [-0.2, -0.15) is 0 Å². The first-order chi connectivity index (χ1) is 12.4. The number of rotatable bonds is 2. The lowest BCUT2D eigenvalue weighted by Gasteiger charge is -2.64. The Morgan fingerprint density at radius 1 is 1.29 bits per heavy atom. The minimum Gasteiger partial charge on any atom is -1.00 e. The summed E-state index contributed by atoms with van der Waals surface area (Å²) in [6.07, 6.45) is 4.42. The van der Waals surface area contributed by atoms with Gasteiger partial charge >= 0.3 is 0 Å². The number of hydrogen-bond donors (Lipinski definition) is 2. The van der Waals surface area contributed by atoms with Crippen LogP contribution >= 0.6 is 0 Å². The second-order valence-electron chi connectivity index (χ2n) is 9.61. The Kier molecular flexibility index (Phi) is 4.70. The zero-order valence-corrected chi connectivity index (χ0v) is 19.7. The van der Waals surface area contributed by atoms with E-state index in [1.165, 1.54) is 12.8 Å². The van der Waals surface area contributed by atoms with Crippen molar-refractivity contribution in [1.29, 1.82) is 0 Å². The lowest BCUT2D eigenvalue weighted by atomic mass is 9.48. The van der Waals surface area contributed by atoms with Gasteiger partial charge in [0.2, 0.25) is 0 Å². The van der Waals surface area contributed by atoms with Crippen molar-refractivity contribution in [3.05, 3.63) is 23.3 Å². The summed E-state index contributed by atoms with van der Waals surface area (Å²) in [7, 11) is 2.31. The third-order valence-corrected chi connectivity index (χ3v) is 8.28. The van der Waals surface area contributed by atoms with E-state index in [0.717, 1.165) is 47.5 Å². The number of likely N-dealkylation sites (tertiary alicyclic amines) is 1. The largest absolute Gasteiger partial charge is 1.00 e. The first-order valence-corrected chi connectivity index (χ1v) is 10.0. The van der Waals surface area contributed by atoms with Gasteiger partial charge in [-0.3, -0.25) is 4.79 Å². The average molecular weight is 563 g/mol. The van der Waals surface area contributed by atoms with Gasteiger partial charge in [-0.1, -0.05) is 6.07 Å². The van der Waals surface area contributed by atoms with E-state index in [1.807, 2.05) is 6.07 Å². The summed E-state index contributed by atoms with van der Waals surface area (Å²) in [5.41, 5.74) is 0.492. The number of carbonyl (C=O) groups excluding carboxylic acids is 1. The van der Waals surface area contributed by atoms with E-state index in [-0.39, 0.29) is 58.5 Å². The van der Waals surface area contributed by atoms with Crippen molar-refractivity contribution in [3.8, 4) is 11.5 Å². The molecule has 5 aliphatic rings. The molecule has 2 saturated carbocycles. The normalized spacial score (nSPS) is 42.0. The summed E-state index contributed by atoms with van der Waals surface area (Å²) >= 11 is 0. The molecule has 5 nitrogen and oxygen atoms in total. The van der Waals surface area contributed by atoms with Crippen LogP contribution in [0.4, 0.5) is 0 Å². The number of benzene rings is 1. The molecule has 1 spiro atoms. The third-order valence-electron chi connectivity index (χ3n) is 8.28. The molecule has 0 aromatic heterocycles. The first kappa shape index (κ1) is 20.9. The number of piperidine rings is 1. The highest BCUT2D eigenvalue weighted by Crippen LogP contribution is 2.65. The van der Waals surface area contributed by atoms with Crippen LogP contribution in [0.3, 0.4) is 0 Å². The number of quaternary nitrogens is 1. The summed E-state index contributed by atoms with van der Waals surface area (Å²) in [4.78, 5) is 12.8. The Balaban J connectivity index is 0.000000961. The molecule has 3 fully saturated rings. The van der Waals surface area contributed by atoms with E-state index in [4.69, 9.17) is 4.74 Å². The number of aliphatic hydroxyl groups is 1. The number of halogens is 2. The third kappa shape index (κ3) is 2.28. The van der Waals surface area contributed by atoms with Crippen LogP contribution < -0.4 is 45.7 Å². The summed E-state index contributed by atoms with van der Waals surface area (Å²) in [6.45, 7) is 2.09. The van der Waals surface area contributed by atoms with Crippen molar-refractivity contribution < 1.29 is 65.2 Å². The molecule has 2 bridgehead atoms. The molecule has 1 unspecified atom stereocenters. The summed E-state index contributed by atoms with van der Waals surface area (Å²) in [6, 6.07) is 3.77. The van der Waals surface area contributed by atoms with Gasteiger partial charge in [0.25, 0.3) is 0 Å². The van der Waals surface area contributed by atoms with Gasteiger partial charge in [0, 0.05) is 30.7 Å². The first-order valence-electron chi connectivity index (χ1n) is 10.0. The molecule has 3 aliphatic carbocycles. The molecule has 6 rings (SSSR count). The molecule has 0 radical (unpaired) electrons. The molecule has 2 heterocycles. The zero-order valence-electron chi connectivity index (χ0n) is 16.0. The van der Waals surface area contributed by atoms with Gasteiger partial charge in [0.1, 0.15) is 11.6 Å². The molecule has 2 N–H and O–H groups in total. The Labute approximate surface area is 192 Å². The van der Waals surface area contributed by atoms with E-state index in [0.29, 0.717) is 18.6 Å². The topological polar surface area (TPSA) is 66.8 Å². The van der Waals surface area contributed by atoms with Crippen molar-refractivity contribution >= 4 is 5.78 Å². The quantitative estimate of drug-likeness (QED) is 0.283. The maximum absolute atomic E-state index is 12.8. The molecule has 1 aromatic rings. The highest BCUT2D eigenvalue weighted by molar-refractivity contribution is 5.90. The number of ether oxygens (including phenoxy) is 1. The van der Waals surface area contributed by atoms with Crippen molar-refractivity contribution in [1.82, 2.24) is 0 Å². The fraction of sp³-hybridized carbons (Fsp3) is 0.667. The fourth-order valence-corrected chi connectivity index (χ4v) is 6.94. The molecule has 1 aromatic carbocycles. The van der Waals surface area contributed by atoms with Gasteiger partial charge in [0.05, 0.1) is 25.6 Å². The lowest BCUT2D eigenvalue weighted by molar-refractivity contribution is -0.950. The lowest BCUT2D eigenvalue weighted by Crippen LogP contribution is -3.00. The Morgan fingerprint density at radius 3 is 2.75 bits per heavy atom. The smallest absolute Gasteiger partial charge is 0.174 e. The van der Waals surface area contributed by atoms with Crippen LogP contribution in [-0.2, 0) is 16.6 Å². The highest BCUT2D eigenvalue weighted by atomic mass is 127. The Hall–Kier alpha value is -0.380. The predicted molar refractivity (Wildman–Crippen MR) is 94.1 cm³/mol. The standard InChI is InChI=1S/C21H25NO4.BrH.HI/c1-22(11-12-2-3-12)9-8-20-17-13-4-5-14(23)18(17)26-19(20)15(24)6-7-21(20,25)16(22)10-13;;/h4-5,12,16,19,25H,2-3,6-11H2,1H3;2*1H/p-1/t16-,19+,20+,21-,22?;;/m1../s1. The highest BCUT2D eigenvalue weighted by Gasteiger charge is 2.76. The van der Waals surface area contributed by atoms with Crippen molar-refractivity contribution in [2.24, 2.45) is 5.92 Å². The number of hydrogen-bond acceptors (Lipinski definition) is 4. The van der Waals surface area contributed by atoms with E-state index >= 15 is 0 Å². The van der Waals surface area contributed by atoms with Crippen molar-refractivity contribution in [2.75, 3.05) is 20.1 Å². The Morgan fingerprint density at radius 2 is 2.04 bits per heavy atom. The molecular formula is C21H26BrINO4-. The van der Waals surface area contributed by atoms with Gasteiger partial charge in [-0.05, 0) is 30.9 Å². The van der Waals surface area contributed by atoms with Crippen LogP contribution in [0.25, 0.3) is 0 Å². The Bertz CT molecular complexity index is 861. The van der Waals surface area contributed by atoms with Gasteiger partial charge < -0.3 is 60.4 Å². The number of Topliss-reactive ketones (excluding diaryl/α,β-unsaturated/α-hetero) is 1. The number of aromatic hydroxyl groups is 1. The van der Waals surface area contributed by atoms with Crippen LogP contribution in [0.15, 0.2) is 12.1 Å². The van der Waals surface area contributed by atoms with Crippen LogP contribution in [0, 0.1) is 5.92 Å². The van der Waals surface area contributed by atoms with Crippen LogP contribution in [0.1, 0.15) is 43.2 Å². The van der Waals surface area contributed by atoms with Gasteiger partial charge in [0.15, 0.2) is 23.4 Å². The van der Waals surface area contributed by atoms with Crippen LogP contribution in [0.5, 0.6) is 11.5 Å². The number of phenols is 1. The second kappa shape index (κ2) is 6.31. The monoisotopic (exact) mass is 562 g/mol. The number of nitrogens with zero attached hydrogens (tertiary/aromatic N) is 1. The SMILES string of the molecule is C[N+]1(CC2CC2)CC[C@]23c4c5ccc(O)c4O[C@H]2C(=O)CC[C@@]3(O)[C@H]1C5.[Br-].[I-]. The molecule has 1 saturated heterocycles. The van der Waals surface area contributed by atoms with Gasteiger partial charge in [-0.15, -0.1) is 0 Å². The van der Waals surface area contributed by atoms with E-state index in [9.17, 15) is 15.0 Å². The zero-order chi connectivity index (χ0) is 17.9. The molecule has 5 atom stereocenters. The van der Waals surface area contributed by atoms with Crippen molar-refractivity contribution in [3.63, 3.8) is 0 Å². The molecule has 28 heavy (non-hydrogen) atoms. The molecule has 0 amide bonds. The predicted octanol–water partition coefficient (Wildman–Crippen LogP) is -4.32. The van der Waals surface area contributed by atoms with Crippen molar-refractivity contribution in [2.45, 2.75) is 61.7 Å². The average Bonchev–Trinajstić information content (AvgIpc) is 3.32. The van der Waals surface area contributed by atoms with Crippen LogP contribution in [0.2, 0.25) is 0 Å². The summed E-state index contributed by atoms with van der Waals surface area (Å²) < 4.78 is 6.98. The van der Waals surface area contributed by atoms with Crippen LogP contribution in [-0.4, -0.2) is 58.4 Å². The minimum absolute atomic E-state index is 0. The number of ketones is 1. The molecular weight excluding hydrogens is 537 g/mol. The summed E-state index contributed by atoms with van der Waals surface area (Å²) in [5, 5.41) is 22.5. The summed E-state index contributed by atoms with van der Waals surface area (Å²) in [5.74, 6) is 1.42. The minimum atomic E-state index is -0.931. The van der Waals surface area contributed by atoms with Gasteiger partial charge in [-0.25, -0.2) is 0 Å². The number of likely N-dealkylation sites (N-methyl/N-ethyl adjacent to an activating group) is 1. The fourth-order valence-electron chi connectivity index (χ4n) is 6.94. The molecule has 7 heteroatoms. The van der Waals surface area contributed by atoms with E-state index in [1.54, 1.807) is 6.07 Å². The molecule has 154 valence electrons. The number of phenolic OH excluding ortho intramolecular Hbond substituents is 1. The maximum Gasteiger partial charge on any atom is 0.174 e.